The van der Waals surface area contributed by atoms with Gasteiger partial charge >= 0.3 is 0 Å². The normalized spacial score (nSPS) is 11.3. The van der Waals surface area contributed by atoms with Crippen LogP contribution in [0, 0.1) is 0 Å². The molecule has 8 nitrogen and oxygen atoms in total. The third-order valence-corrected chi connectivity index (χ3v) is 5.83. The number of nitrogens with one attached hydrogen (secondary N) is 1. The molecular weight excluding hydrogens is 396 g/mol. The van der Waals surface area contributed by atoms with Gasteiger partial charge in [-0.25, -0.2) is 13.1 Å². The summed E-state index contributed by atoms with van der Waals surface area (Å²) in [5.74, 6) is 0.780. The number of hydrogen-bond donors (Lipinski definition) is 1. The van der Waals surface area contributed by atoms with E-state index >= 15 is 0 Å². The summed E-state index contributed by atoms with van der Waals surface area (Å²) in [5.41, 5.74) is 0.764. The van der Waals surface area contributed by atoms with E-state index in [1.165, 1.54) is 44.4 Å². The second kappa shape index (κ2) is 9.15. The van der Waals surface area contributed by atoms with Crippen LogP contribution in [0.5, 0.6) is 17.2 Å². The fourth-order valence-corrected chi connectivity index (χ4v) is 4.18. The molecule has 0 spiro atoms. The molecule has 0 saturated heterocycles. The van der Waals surface area contributed by atoms with Crippen LogP contribution in [0.15, 0.2) is 41.3 Å². The van der Waals surface area contributed by atoms with Gasteiger partial charge < -0.3 is 19.1 Å². The number of carbonyl (C=O) groups excluding carboxylic acids is 1. The highest BCUT2D eigenvalue weighted by Crippen LogP contribution is 2.32. The van der Waals surface area contributed by atoms with Crippen LogP contribution in [-0.4, -0.2) is 48.7 Å². The molecule has 0 saturated carbocycles. The molecule has 0 aliphatic carbocycles. The standard InChI is InChI=1S/C20H26N2O6S/c1-13(2)21-29(24,25)19-11-14(7-9-17(19)27-5)20(23)22(3)15-8-10-16(26-4)18(12-15)28-6/h7-13,21H,1-6H3. The molecule has 0 unspecified atom stereocenters. The molecule has 0 bridgehead atoms. The molecule has 1 amide bonds. The van der Waals surface area contributed by atoms with Gasteiger partial charge in [0, 0.05) is 30.4 Å². The summed E-state index contributed by atoms with van der Waals surface area (Å²) >= 11 is 0. The third kappa shape index (κ3) is 4.99. The van der Waals surface area contributed by atoms with Gasteiger partial charge in [0.15, 0.2) is 11.5 Å². The van der Waals surface area contributed by atoms with Crippen molar-refractivity contribution in [3.63, 3.8) is 0 Å². The summed E-state index contributed by atoms with van der Waals surface area (Å²) in [5, 5.41) is 0. The first-order valence-corrected chi connectivity index (χ1v) is 10.3. The molecule has 1 N–H and O–H groups in total. The van der Waals surface area contributed by atoms with Crippen molar-refractivity contribution >= 4 is 21.6 Å². The monoisotopic (exact) mass is 422 g/mol. The van der Waals surface area contributed by atoms with Gasteiger partial charge in [0.1, 0.15) is 10.6 Å². The molecule has 29 heavy (non-hydrogen) atoms. The average Bonchev–Trinajstić information content (AvgIpc) is 2.70. The maximum absolute atomic E-state index is 13.0. The maximum atomic E-state index is 13.0. The number of carbonyl (C=O) groups is 1. The summed E-state index contributed by atoms with van der Waals surface area (Å²) in [6.45, 7) is 3.42. The van der Waals surface area contributed by atoms with E-state index in [4.69, 9.17) is 14.2 Å². The van der Waals surface area contributed by atoms with Crippen LogP contribution in [-0.2, 0) is 10.0 Å². The topological polar surface area (TPSA) is 94.2 Å². The van der Waals surface area contributed by atoms with Crippen LogP contribution in [0.25, 0.3) is 0 Å². The minimum atomic E-state index is -3.85. The lowest BCUT2D eigenvalue weighted by molar-refractivity contribution is 0.0992. The van der Waals surface area contributed by atoms with Crippen molar-refractivity contribution in [2.75, 3.05) is 33.3 Å². The van der Waals surface area contributed by atoms with Gasteiger partial charge in [-0.15, -0.1) is 0 Å². The Morgan fingerprint density at radius 2 is 1.52 bits per heavy atom. The minimum Gasteiger partial charge on any atom is -0.495 e. The summed E-state index contributed by atoms with van der Waals surface area (Å²) in [6, 6.07) is 9.05. The van der Waals surface area contributed by atoms with Crippen molar-refractivity contribution in [1.29, 1.82) is 0 Å². The molecule has 0 aliphatic heterocycles. The van der Waals surface area contributed by atoms with Crippen LogP contribution < -0.4 is 23.8 Å². The fraction of sp³-hybridized carbons (Fsp3) is 0.350. The SMILES string of the molecule is COc1ccc(N(C)C(=O)c2ccc(OC)c(S(=O)(=O)NC(C)C)c2)cc1OC. The van der Waals surface area contributed by atoms with Gasteiger partial charge in [0.25, 0.3) is 5.91 Å². The number of amides is 1. The van der Waals surface area contributed by atoms with Gasteiger partial charge in [-0.1, -0.05) is 0 Å². The summed E-state index contributed by atoms with van der Waals surface area (Å²) in [7, 11) is 2.15. The number of sulfonamides is 1. The molecule has 0 fully saturated rings. The maximum Gasteiger partial charge on any atom is 0.258 e. The Hall–Kier alpha value is -2.78. The van der Waals surface area contributed by atoms with E-state index in [0.717, 1.165) is 0 Å². The quantitative estimate of drug-likeness (QED) is 0.703. The second-order valence-corrected chi connectivity index (χ2v) is 8.23. The Morgan fingerprint density at radius 3 is 2.07 bits per heavy atom. The Kier molecular flexibility index (Phi) is 7.10. The number of ether oxygens (including phenoxy) is 3. The van der Waals surface area contributed by atoms with Crippen molar-refractivity contribution in [3.8, 4) is 17.2 Å². The molecule has 2 aromatic carbocycles. The Labute approximate surface area is 171 Å². The zero-order chi connectivity index (χ0) is 21.8. The van der Waals surface area contributed by atoms with Gasteiger partial charge in [-0.3, -0.25) is 4.79 Å². The number of rotatable bonds is 8. The van der Waals surface area contributed by atoms with Gasteiger partial charge in [0.05, 0.1) is 21.3 Å². The molecule has 0 atom stereocenters. The van der Waals surface area contributed by atoms with Gasteiger partial charge in [0.2, 0.25) is 10.0 Å². The number of hydrogen-bond acceptors (Lipinski definition) is 6. The van der Waals surface area contributed by atoms with Crippen molar-refractivity contribution < 1.29 is 27.4 Å². The molecule has 158 valence electrons. The van der Waals surface area contributed by atoms with Crippen LogP contribution in [0.1, 0.15) is 24.2 Å². The van der Waals surface area contributed by atoms with Gasteiger partial charge in [-0.2, -0.15) is 0 Å². The van der Waals surface area contributed by atoms with Crippen LogP contribution in [0.4, 0.5) is 5.69 Å². The summed E-state index contributed by atoms with van der Waals surface area (Å²) in [4.78, 5) is 14.3. The van der Waals surface area contributed by atoms with Crippen LogP contribution >= 0.6 is 0 Å². The van der Waals surface area contributed by atoms with E-state index in [1.54, 1.807) is 39.1 Å². The molecule has 2 rings (SSSR count). The fourth-order valence-electron chi connectivity index (χ4n) is 2.74. The average molecular weight is 423 g/mol. The first-order valence-electron chi connectivity index (χ1n) is 8.85. The largest absolute Gasteiger partial charge is 0.495 e. The first-order chi connectivity index (χ1) is 13.6. The van der Waals surface area contributed by atoms with Crippen LogP contribution in [0.2, 0.25) is 0 Å². The molecule has 0 radical (unpaired) electrons. The van der Waals surface area contributed by atoms with Crippen molar-refractivity contribution in [3.05, 3.63) is 42.0 Å². The zero-order valence-corrected chi connectivity index (χ0v) is 18.2. The smallest absolute Gasteiger partial charge is 0.258 e. The Morgan fingerprint density at radius 1 is 0.931 bits per heavy atom. The van der Waals surface area contributed by atoms with Crippen molar-refractivity contribution in [1.82, 2.24) is 4.72 Å². The predicted octanol–water partition coefficient (Wildman–Crippen LogP) is 2.68. The molecular formula is C20H26N2O6S. The highest BCUT2D eigenvalue weighted by molar-refractivity contribution is 7.89. The Balaban J connectivity index is 2.44. The van der Waals surface area contributed by atoms with E-state index < -0.39 is 10.0 Å². The highest BCUT2D eigenvalue weighted by atomic mass is 32.2. The minimum absolute atomic E-state index is 0.0970. The lowest BCUT2D eigenvalue weighted by Crippen LogP contribution is -2.31. The Bertz CT molecular complexity index is 988. The van der Waals surface area contributed by atoms with Crippen molar-refractivity contribution in [2.45, 2.75) is 24.8 Å². The summed E-state index contributed by atoms with van der Waals surface area (Å²) in [6.07, 6.45) is 0. The van der Waals surface area contributed by atoms with E-state index in [0.29, 0.717) is 17.2 Å². The van der Waals surface area contributed by atoms with Crippen LogP contribution in [0.3, 0.4) is 0 Å². The lowest BCUT2D eigenvalue weighted by atomic mass is 10.1. The number of methoxy groups -OCH3 is 3. The molecule has 9 heteroatoms. The number of benzene rings is 2. The number of nitrogens with zero attached hydrogens (tertiary/aromatic N) is 1. The van der Waals surface area contributed by atoms with E-state index in [-0.39, 0.29) is 28.2 Å². The van der Waals surface area contributed by atoms with Gasteiger partial charge in [-0.05, 0) is 44.2 Å². The van der Waals surface area contributed by atoms with E-state index in [2.05, 4.69) is 4.72 Å². The highest BCUT2D eigenvalue weighted by Gasteiger charge is 2.24. The third-order valence-electron chi connectivity index (χ3n) is 4.15. The van der Waals surface area contributed by atoms with Crippen molar-refractivity contribution in [2.24, 2.45) is 0 Å². The molecule has 0 heterocycles. The van der Waals surface area contributed by atoms with E-state index in [9.17, 15) is 13.2 Å². The zero-order valence-electron chi connectivity index (χ0n) is 17.3. The van der Waals surface area contributed by atoms with E-state index in [1.807, 2.05) is 0 Å². The molecule has 2 aromatic rings. The second-order valence-electron chi connectivity index (χ2n) is 6.55. The predicted molar refractivity (Wildman–Crippen MR) is 111 cm³/mol. The number of anilines is 1. The summed E-state index contributed by atoms with van der Waals surface area (Å²) < 4.78 is 43.5. The lowest BCUT2D eigenvalue weighted by Gasteiger charge is -2.20. The molecule has 0 aromatic heterocycles. The first kappa shape index (κ1) is 22.5. The molecule has 0 aliphatic rings.